The van der Waals surface area contributed by atoms with Crippen LogP contribution in [0, 0.1) is 11.8 Å². The second-order valence-corrected chi connectivity index (χ2v) is 5.94. The van der Waals surface area contributed by atoms with Crippen molar-refractivity contribution in [1.29, 1.82) is 0 Å². The van der Waals surface area contributed by atoms with E-state index in [-0.39, 0.29) is 17.9 Å². The van der Waals surface area contributed by atoms with Gasteiger partial charge in [0.15, 0.2) is 0 Å². The van der Waals surface area contributed by atoms with Crippen LogP contribution in [0.1, 0.15) is 59.3 Å². The number of nitrogens with zero attached hydrogens (tertiary/aromatic N) is 1. The molecule has 1 aliphatic rings. The van der Waals surface area contributed by atoms with Gasteiger partial charge < -0.3 is 10.6 Å². The van der Waals surface area contributed by atoms with Gasteiger partial charge in [-0.3, -0.25) is 4.79 Å². The molecular weight excluding hydrogens is 224 g/mol. The van der Waals surface area contributed by atoms with Crippen molar-refractivity contribution in [3.8, 4) is 0 Å². The summed E-state index contributed by atoms with van der Waals surface area (Å²) >= 11 is 0. The third kappa shape index (κ3) is 4.60. The van der Waals surface area contributed by atoms with Gasteiger partial charge in [-0.25, -0.2) is 0 Å². The van der Waals surface area contributed by atoms with E-state index < -0.39 is 0 Å². The van der Waals surface area contributed by atoms with Crippen molar-refractivity contribution in [3.05, 3.63) is 0 Å². The summed E-state index contributed by atoms with van der Waals surface area (Å²) in [5, 5.41) is 0. The first-order chi connectivity index (χ1) is 8.56. The Morgan fingerprint density at radius 2 is 1.89 bits per heavy atom. The predicted molar refractivity (Wildman–Crippen MR) is 76.3 cm³/mol. The van der Waals surface area contributed by atoms with Gasteiger partial charge in [0.05, 0.1) is 5.92 Å². The lowest BCUT2D eigenvalue weighted by Gasteiger charge is -2.32. The van der Waals surface area contributed by atoms with E-state index in [2.05, 4.69) is 11.8 Å². The first-order valence-corrected chi connectivity index (χ1v) is 7.60. The normalized spacial score (nSPS) is 20.4. The van der Waals surface area contributed by atoms with Gasteiger partial charge in [0.1, 0.15) is 0 Å². The number of rotatable bonds is 6. The Hall–Kier alpha value is -0.570. The molecule has 106 valence electrons. The van der Waals surface area contributed by atoms with E-state index in [0.717, 1.165) is 25.4 Å². The first kappa shape index (κ1) is 15.5. The van der Waals surface area contributed by atoms with Crippen molar-refractivity contribution in [3.63, 3.8) is 0 Å². The van der Waals surface area contributed by atoms with E-state index in [1.807, 2.05) is 13.8 Å². The van der Waals surface area contributed by atoms with E-state index in [9.17, 15) is 4.79 Å². The van der Waals surface area contributed by atoms with Gasteiger partial charge >= 0.3 is 0 Å². The number of amides is 1. The fourth-order valence-corrected chi connectivity index (χ4v) is 2.76. The molecule has 3 nitrogen and oxygen atoms in total. The van der Waals surface area contributed by atoms with Crippen LogP contribution in [-0.2, 0) is 4.79 Å². The highest BCUT2D eigenvalue weighted by Gasteiger charge is 2.25. The predicted octanol–water partition coefficient (Wildman–Crippen LogP) is 2.79. The van der Waals surface area contributed by atoms with E-state index in [0.29, 0.717) is 0 Å². The summed E-state index contributed by atoms with van der Waals surface area (Å²) in [6, 6.07) is -0.0526. The largest absolute Gasteiger partial charge is 0.342 e. The second kappa shape index (κ2) is 7.78. The molecule has 1 saturated carbocycles. The monoisotopic (exact) mass is 254 g/mol. The number of nitrogens with two attached hydrogens (primary N) is 1. The van der Waals surface area contributed by atoms with Crippen molar-refractivity contribution in [2.75, 3.05) is 13.1 Å². The van der Waals surface area contributed by atoms with E-state index >= 15 is 0 Å². The minimum Gasteiger partial charge on any atom is -0.342 e. The molecule has 0 aliphatic heterocycles. The average molecular weight is 254 g/mol. The van der Waals surface area contributed by atoms with Crippen LogP contribution in [-0.4, -0.2) is 29.9 Å². The molecule has 0 saturated heterocycles. The summed E-state index contributed by atoms with van der Waals surface area (Å²) in [5.41, 5.74) is 5.86. The Balaban J connectivity index is 2.54. The molecule has 2 unspecified atom stereocenters. The van der Waals surface area contributed by atoms with Gasteiger partial charge in [0.2, 0.25) is 5.91 Å². The van der Waals surface area contributed by atoms with Gasteiger partial charge in [-0.1, -0.05) is 33.1 Å². The zero-order chi connectivity index (χ0) is 13.5. The smallest absolute Gasteiger partial charge is 0.226 e. The first-order valence-electron chi connectivity index (χ1n) is 7.60. The molecule has 2 atom stereocenters. The van der Waals surface area contributed by atoms with Gasteiger partial charge in [0.25, 0.3) is 0 Å². The topological polar surface area (TPSA) is 46.3 Å². The molecule has 0 radical (unpaired) electrons. The summed E-state index contributed by atoms with van der Waals surface area (Å²) in [5.74, 6) is 0.909. The van der Waals surface area contributed by atoms with Crippen molar-refractivity contribution >= 4 is 5.91 Å². The Morgan fingerprint density at radius 1 is 1.28 bits per heavy atom. The van der Waals surface area contributed by atoms with Crippen LogP contribution in [0.4, 0.5) is 0 Å². The van der Waals surface area contributed by atoms with Gasteiger partial charge in [-0.15, -0.1) is 0 Å². The van der Waals surface area contributed by atoms with Crippen molar-refractivity contribution < 1.29 is 4.79 Å². The number of hydrogen-bond acceptors (Lipinski definition) is 2. The zero-order valence-electron chi connectivity index (χ0n) is 12.3. The van der Waals surface area contributed by atoms with Gasteiger partial charge in [-0.2, -0.15) is 0 Å². The maximum atomic E-state index is 12.4. The molecule has 0 aromatic heterocycles. The quantitative estimate of drug-likeness (QED) is 0.792. The lowest BCUT2D eigenvalue weighted by molar-refractivity contribution is -0.136. The molecule has 0 heterocycles. The second-order valence-electron chi connectivity index (χ2n) is 5.94. The van der Waals surface area contributed by atoms with E-state index in [1.165, 1.54) is 32.1 Å². The minimum atomic E-state index is -0.0554. The Bertz CT molecular complexity index is 247. The SMILES string of the molecule is CCCN(CC1CCCCC1)C(=O)C(C)C(C)N. The molecule has 18 heavy (non-hydrogen) atoms. The number of carbonyl (C=O) groups excluding carboxylic acids is 1. The van der Waals surface area contributed by atoms with E-state index in [1.54, 1.807) is 0 Å². The fraction of sp³-hybridized carbons (Fsp3) is 0.933. The highest BCUT2D eigenvalue weighted by Crippen LogP contribution is 2.25. The third-order valence-corrected chi connectivity index (χ3v) is 4.19. The van der Waals surface area contributed by atoms with Crippen LogP contribution in [0.25, 0.3) is 0 Å². The summed E-state index contributed by atoms with van der Waals surface area (Å²) < 4.78 is 0. The maximum absolute atomic E-state index is 12.4. The number of carbonyl (C=O) groups is 1. The van der Waals surface area contributed by atoms with E-state index in [4.69, 9.17) is 5.73 Å². The van der Waals surface area contributed by atoms with Gasteiger partial charge in [-0.05, 0) is 32.1 Å². The highest BCUT2D eigenvalue weighted by atomic mass is 16.2. The molecule has 3 heteroatoms. The highest BCUT2D eigenvalue weighted by molar-refractivity contribution is 5.79. The maximum Gasteiger partial charge on any atom is 0.226 e. The van der Waals surface area contributed by atoms with Crippen molar-refractivity contribution in [1.82, 2.24) is 4.90 Å². The minimum absolute atomic E-state index is 0.0526. The van der Waals surface area contributed by atoms with Crippen LogP contribution in [0.2, 0.25) is 0 Å². The number of hydrogen-bond donors (Lipinski definition) is 1. The Kier molecular flexibility index (Phi) is 6.69. The molecule has 0 aromatic carbocycles. The van der Waals surface area contributed by atoms with Crippen molar-refractivity contribution in [2.45, 2.75) is 65.3 Å². The van der Waals surface area contributed by atoms with Gasteiger partial charge in [0, 0.05) is 19.1 Å². The lowest BCUT2D eigenvalue weighted by Crippen LogP contribution is -2.44. The van der Waals surface area contributed by atoms with Crippen LogP contribution in [0.15, 0.2) is 0 Å². The molecule has 1 fully saturated rings. The summed E-state index contributed by atoms with van der Waals surface area (Å²) in [4.78, 5) is 14.5. The standard InChI is InChI=1S/C15H30N2O/c1-4-10-17(15(18)12(2)13(3)16)11-14-8-6-5-7-9-14/h12-14H,4-11,16H2,1-3H3. The molecule has 2 N–H and O–H groups in total. The molecule has 0 aromatic rings. The van der Waals surface area contributed by atoms with Crippen LogP contribution in [0.5, 0.6) is 0 Å². The summed E-state index contributed by atoms with van der Waals surface area (Å²) in [6.45, 7) is 7.84. The van der Waals surface area contributed by atoms with Crippen molar-refractivity contribution in [2.24, 2.45) is 17.6 Å². The summed E-state index contributed by atoms with van der Waals surface area (Å²) in [6.07, 6.45) is 7.65. The van der Waals surface area contributed by atoms with Crippen LogP contribution >= 0.6 is 0 Å². The van der Waals surface area contributed by atoms with Crippen LogP contribution < -0.4 is 5.73 Å². The lowest BCUT2D eigenvalue weighted by atomic mass is 9.88. The average Bonchev–Trinajstić information content (AvgIpc) is 2.37. The molecule has 1 rings (SSSR count). The fourth-order valence-electron chi connectivity index (χ4n) is 2.76. The zero-order valence-corrected chi connectivity index (χ0v) is 12.3. The Morgan fingerprint density at radius 3 is 2.39 bits per heavy atom. The Labute approximate surface area is 112 Å². The van der Waals surface area contributed by atoms with Crippen LogP contribution in [0.3, 0.4) is 0 Å². The third-order valence-electron chi connectivity index (χ3n) is 4.19. The molecule has 0 bridgehead atoms. The molecular formula is C15H30N2O. The molecule has 0 spiro atoms. The summed E-state index contributed by atoms with van der Waals surface area (Å²) in [7, 11) is 0. The molecule has 1 aliphatic carbocycles. The molecule has 1 amide bonds.